The highest BCUT2D eigenvalue weighted by Gasteiger charge is 2.02. The molecule has 1 amide bonds. The molecule has 24 heavy (non-hydrogen) atoms. The topological polar surface area (TPSA) is 67.0 Å². The Balaban J connectivity index is 1.51. The maximum atomic E-state index is 11.6. The molecule has 0 fully saturated rings. The summed E-state index contributed by atoms with van der Waals surface area (Å²) < 4.78 is 5.12. The third kappa shape index (κ3) is 3.93. The number of rotatable bonds is 3. The fourth-order valence-electron chi connectivity index (χ4n) is 2.26. The zero-order chi connectivity index (χ0) is 16.8. The van der Waals surface area contributed by atoms with Gasteiger partial charge in [-0.2, -0.15) is 5.10 Å². The lowest BCUT2D eigenvalue weighted by Crippen LogP contribution is -2.24. The number of carbonyl (C=O) groups excluding carboxylic acids is 1. The van der Waals surface area contributed by atoms with Crippen LogP contribution in [0.15, 0.2) is 48.7 Å². The van der Waals surface area contributed by atoms with Gasteiger partial charge in [0.25, 0.3) is 0 Å². The van der Waals surface area contributed by atoms with Crippen LogP contribution in [0, 0.1) is 18.8 Å². The number of aromatic nitrogens is 2. The molecule has 0 saturated heterocycles. The van der Waals surface area contributed by atoms with Crippen LogP contribution in [-0.2, 0) is 11.3 Å². The van der Waals surface area contributed by atoms with E-state index >= 15 is 0 Å². The van der Waals surface area contributed by atoms with Crippen LogP contribution in [0.5, 0.6) is 0 Å². The molecule has 5 heteroatoms. The van der Waals surface area contributed by atoms with Crippen molar-refractivity contribution in [1.29, 1.82) is 0 Å². The molecule has 3 rings (SSSR count). The second-order valence-corrected chi connectivity index (χ2v) is 5.34. The van der Waals surface area contributed by atoms with Crippen molar-refractivity contribution in [2.24, 2.45) is 0 Å². The summed E-state index contributed by atoms with van der Waals surface area (Å²) in [7, 11) is 0. The number of nitrogens with zero attached hydrogens (tertiary/aromatic N) is 1. The highest BCUT2D eigenvalue weighted by Crippen LogP contribution is 2.16. The van der Waals surface area contributed by atoms with Crippen molar-refractivity contribution >= 4 is 17.0 Å². The molecule has 5 nitrogen and oxygen atoms in total. The molecule has 2 N–H and O–H groups in total. The van der Waals surface area contributed by atoms with Gasteiger partial charge in [0.1, 0.15) is 6.61 Å². The van der Waals surface area contributed by atoms with Gasteiger partial charge in [0, 0.05) is 10.9 Å². The zero-order valence-corrected chi connectivity index (χ0v) is 13.3. The number of nitrogens with one attached hydrogen (secondary N) is 2. The van der Waals surface area contributed by atoms with Crippen molar-refractivity contribution in [1.82, 2.24) is 15.5 Å². The summed E-state index contributed by atoms with van der Waals surface area (Å²) in [6, 6.07) is 13.5. The number of ether oxygens (including phenoxy) is 1. The molecule has 0 atom stereocenters. The van der Waals surface area contributed by atoms with Crippen LogP contribution in [0.2, 0.25) is 0 Å². The third-order valence-electron chi connectivity index (χ3n) is 3.54. The van der Waals surface area contributed by atoms with E-state index in [9.17, 15) is 4.79 Å². The highest BCUT2D eigenvalue weighted by atomic mass is 16.5. The van der Waals surface area contributed by atoms with Gasteiger partial charge in [-0.3, -0.25) is 5.10 Å². The second kappa shape index (κ2) is 7.34. The van der Waals surface area contributed by atoms with Gasteiger partial charge in [-0.1, -0.05) is 42.2 Å². The molecule has 1 heterocycles. The molecule has 0 bridgehead atoms. The van der Waals surface area contributed by atoms with E-state index in [1.54, 1.807) is 6.20 Å². The monoisotopic (exact) mass is 319 g/mol. The van der Waals surface area contributed by atoms with Crippen molar-refractivity contribution in [3.63, 3.8) is 0 Å². The minimum absolute atomic E-state index is 0.233. The van der Waals surface area contributed by atoms with Crippen molar-refractivity contribution in [2.45, 2.75) is 13.5 Å². The number of hydrogen-bond acceptors (Lipinski definition) is 3. The highest BCUT2D eigenvalue weighted by molar-refractivity contribution is 5.80. The first-order valence-corrected chi connectivity index (χ1v) is 7.59. The van der Waals surface area contributed by atoms with E-state index in [4.69, 9.17) is 4.74 Å². The van der Waals surface area contributed by atoms with Crippen molar-refractivity contribution < 1.29 is 9.53 Å². The van der Waals surface area contributed by atoms with Crippen molar-refractivity contribution in [3.8, 4) is 11.8 Å². The molecule has 0 unspecified atom stereocenters. The molecule has 0 spiro atoms. The van der Waals surface area contributed by atoms with Crippen molar-refractivity contribution in [3.05, 3.63) is 65.4 Å². The Labute approximate surface area is 140 Å². The van der Waals surface area contributed by atoms with Crippen LogP contribution in [0.1, 0.15) is 16.7 Å². The van der Waals surface area contributed by atoms with Crippen molar-refractivity contribution in [2.75, 3.05) is 6.54 Å². The Hall–Kier alpha value is -3.26. The van der Waals surface area contributed by atoms with Crippen LogP contribution < -0.4 is 5.32 Å². The Morgan fingerprint density at radius 1 is 1.29 bits per heavy atom. The summed E-state index contributed by atoms with van der Waals surface area (Å²) in [6.07, 6.45) is 1.29. The Kier molecular flexibility index (Phi) is 4.78. The number of aryl methyl sites for hydroxylation is 1. The fourth-order valence-corrected chi connectivity index (χ4v) is 2.26. The molecular weight excluding hydrogens is 302 g/mol. The van der Waals surface area contributed by atoms with Gasteiger partial charge in [0.15, 0.2) is 0 Å². The first kappa shape index (κ1) is 15.6. The smallest absolute Gasteiger partial charge is 0.408 e. The zero-order valence-electron chi connectivity index (χ0n) is 13.3. The number of aromatic amines is 1. The minimum atomic E-state index is -0.477. The quantitative estimate of drug-likeness (QED) is 0.729. The van der Waals surface area contributed by atoms with Crippen LogP contribution in [-0.4, -0.2) is 22.8 Å². The van der Waals surface area contributed by atoms with E-state index in [-0.39, 0.29) is 13.2 Å². The third-order valence-corrected chi connectivity index (χ3v) is 3.54. The second-order valence-electron chi connectivity index (χ2n) is 5.34. The summed E-state index contributed by atoms with van der Waals surface area (Å²) >= 11 is 0. The molecule has 0 aliphatic rings. The molecule has 2 aromatic carbocycles. The average Bonchev–Trinajstić information content (AvgIpc) is 3.05. The Morgan fingerprint density at radius 3 is 2.96 bits per heavy atom. The van der Waals surface area contributed by atoms with Crippen LogP contribution in [0.3, 0.4) is 0 Å². The van der Waals surface area contributed by atoms with Gasteiger partial charge < -0.3 is 10.1 Å². The SMILES string of the molecule is Cc1cc2[nH]ncc2cc1C#CCNC(=O)OCc1ccccc1. The standard InChI is InChI=1S/C19H17N3O2/c1-14-10-18-17(12-21-22-18)11-16(14)8-5-9-20-19(23)24-13-15-6-3-2-4-7-15/h2-4,6-7,10-12H,9,13H2,1H3,(H,20,23)(H,21,22). The van der Waals surface area contributed by atoms with Gasteiger partial charge in [0.05, 0.1) is 18.3 Å². The molecule has 1 aromatic heterocycles. The number of alkyl carbamates (subject to hydrolysis) is 1. The number of hydrogen-bond donors (Lipinski definition) is 2. The van der Waals surface area contributed by atoms with Gasteiger partial charge in [-0.05, 0) is 30.2 Å². The van der Waals surface area contributed by atoms with Gasteiger partial charge in [-0.25, -0.2) is 4.79 Å². The lowest BCUT2D eigenvalue weighted by Gasteiger charge is -2.04. The van der Waals surface area contributed by atoms with Crippen LogP contribution >= 0.6 is 0 Å². The fraction of sp³-hybridized carbons (Fsp3) is 0.158. The summed E-state index contributed by atoms with van der Waals surface area (Å²) in [5, 5.41) is 10.6. The Bertz CT molecular complexity index is 905. The summed E-state index contributed by atoms with van der Waals surface area (Å²) in [4.78, 5) is 11.6. The van der Waals surface area contributed by atoms with Gasteiger partial charge >= 0.3 is 6.09 Å². The van der Waals surface area contributed by atoms with Gasteiger partial charge in [0.2, 0.25) is 0 Å². The van der Waals surface area contributed by atoms with Crippen LogP contribution in [0.4, 0.5) is 4.79 Å². The molecule has 0 aliphatic carbocycles. The average molecular weight is 319 g/mol. The first-order chi connectivity index (χ1) is 11.7. The van der Waals surface area contributed by atoms with Gasteiger partial charge in [-0.15, -0.1) is 0 Å². The first-order valence-electron chi connectivity index (χ1n) is 7.59. The number of benzene rings is 2. The lowest BCUT2D eigenvalue weighted by molar-refractivity contribution is 0.141. The number of amides is 1. The molecule has 3 aromatic rings. The van der Waals surface area contributed by atoms with E-state index in [1.807, 2.05) is 49.4 Å². The molecule has 120 valence electrons. The van der Waals surface area contributed by atoms with Crippen LogP contribution in [0.25, 0.3) is 10.9 Å². The largest absolute Gasteiger partial charge is 0.445 e. The predicted octanol–water partition coefficient (Wildman–Crippen LogP) is 3.15. The normalized spacial score (nSPS) is 10.0. The van der Waals surface area contributed by atoms with E-state index in [0.29, 0.717) is 0 Å². The summed E-state index contributed by atoms with van der Waals surface area (Å²) in [6.45, 7) is 2.47. The summed E-state index contributed by atoms with van der Waals surface area (Å²) in [5.41, 5.74) is 3.91. The number of H-pyrrole nitrogens is 1. The van der Waals surface area contributed by atoms with E-state index in [2.05, 4.69) is 27.4 Å². The maximum Gasteiger partial charge on any atom is 0.408 e. The molecule has 0 aliphatic heterocycles. The Morgan fingerprint density at radius 2 is 2.12 bits per heavy atom. The summed E-state index contributed by atoms with van der Waals surface area (Å²) in [5.74, 6) is 6.00. The molecule has 0 radical (unpaired) electrons. The predicted molar refractivity (Wildman–Crippen MR) is 92.3 cm³/mol. The number of carbonyl (C=O) groups is 1. The van der Waals surface area contributed by atoms with E-state index in [0.717, 1.165) is 27.6 Å². The maximum absolute atomic E-state index is 11.6. The number of fused-ring (bicyclic) bond motifs is 1. The van der Waals surface area contributed by atoms with E-state index < -0.39 is 6.09 Å². The minimum Gasteiger partial charge on any atom is -0.445 e. The molecule has 0 saturated carbocycles. The lowest BCUT2D eigenvalue weighted by atomic mass is 10.1. The van der Waals surface area contributed by atoms with E-state index in [1.165, 1.54) is 0 Å². The molecular formula is C19H17N3O2.